The number of H-pyrrole nitrogens is 1. The molecular formula is C31H34N6O. The Labute approximate surface area is 223 Å². The van der Waals surface area contributed by atoms with E-state index in [9.17, 15) is 4.79 Å². The number of aryl methyl sites for hydroxylation is 3. The molecule has 5 rings (SSSR count). The molecule has 0 saturated heterocycles. The SMILES string of the molecule is CCc1ccc2[nH]c(=O)c(CN(Cc3ccccc3)[C@@H](CC)c3nnnn3CCc3ccccc3)cc2c1. The number of rotatable bonds is 11. The Kier molecular flexibility index (Phi) is 8.04. The van der Waals surface area contributed by atoms with Crippen LogP contribution < -0.4 is 5.56 Å². The summed E-state index contributed by atoms with van der Waals surface area (Å²) >= 11 is 0. The van der Waals surface area contributed by atoms with Crippen molar-refractivity contribution in [3.63, 3.8) is 0 Å². The van der Waals surface area contributed by atoms with E-state index >= 15 is 0 Å². The molecule has 2 aromatic heterocycles. The molecule has 0 radical (unpaired) electrons. The van der Waals surface area contributed by atoms with Gasteiger partial charge < -0.3 is 4.98 Å². The minimum atomic E-state index is -0.0574. The number of pyridine rings is 1. The maximum absolute atomic E-state index is 13.2. The summed E-state index contributed by atoms with van der Waals surface area (Å²) in [7, 11) is 0. The largest absolute Gasteiger partial charge is 0.322 e. The van der Waals surface area contributed by atoms with Gasteiger partial charge in [-0.05, 0) is 70.0 Å². The molecule has 0 aliphatic rings. The molecule has 0 spiro atoms. The summed E-state index contributed by atoms with van der Waals surface area (Å²) in [6.07, 6.45) is 2.61. The van der Waals surface area contributed by atoms with Gasteiger partial charge in [0.1, 0.15) is 0 Å². The lowest BCUT2D eigenvalue weighted by Gasteiger charge is -2.30. The highest BCUT2D eigenvalue weighted by Gasteiger charge is 2.26. The third kappa shape index (κ3) is 5.89. The molecule has 0 unspecified atom stereocenters. The summed E-state index contributed by atoms with van der Waals surface area (Å²) in [5.74, 6) is 0.824. The average Bonchev–Trinajstić information content (AvgIpc) is 3.41. The number of hydrogen-bond donors (Lipinski definition) is 1. The van der Waals surface area contributed by atoms with Crippen molar-refractivity contribution in [3.8, 4) is 0 Å². The van der Waals surface area contributed by atoms with Crippen LogP contribution in [-0.2, 0) is 32.5 Å². The molecule has 1 N–H and O–H groups in total. The van der Waals surface area contributed by atoms with Crippen LogP contribution in [0.1, 0.15) is 54.4 Å². The summed E-state index contributed by atoms with van der Waals surface area (Å²) in [6, 6.07) is 29.0. The molecule has 0 aliphatic heterocycles. The molecule has 5 aromatic rings. The van der Waals surface area contributed by atoms with E-state index in [0.717, 1.165) is 41.6 Å². The van der Waals surface area contributed by atoms with Gasteiger partial charge in [0.2, 0.25) is 0 Å². The Bertz CT molecular complexity index is 1530. The monoisotopic (exact) mass is 506 g/mol. The first kappa shape index (κ1) is 25.5. The first-order valence-electron chi connectivity index (χ1n) is 13.4. The second-order valence-corrected chi connectivity index (χ2v) is 9.71. The average molecular weight is 507 g/mol. The maximum atomic E-state index is 13.2. The molecule has 194 valence electrons. The van der Waals surface area contributed by atoms with Crippen molar-refractivity contribution in [3.05, 3.63) is 123 Å². The summed E-state index contributed by atoms with van der Waals surface area (Å²) in [4.78, 5) is 18.6. The normalized spacial score (nSPS) is 12.3. The van der Waals surface area contributed by atoms with Crippen LogP contribution >= 0.6 is 0 Å². The first-order valence-corrected chi connectivity index (χ1v) is 13.4. The second-order valence-electron chi connectivity index (χ2n) is 9.71. The molecule has 7 heteroatoms. The van der Waals surface area contributed by atoms with E-state index in [1.807, 2.05) is 41.1 Å². The van der Waals surface area contributed by atoms with E-state index in [1.165, 1.54) is 16.7 Å². The number of fused-ring (bicyclic) bond motifs is 1. The lowest BCUT2D eigenvalue weighted by atomic mass is 10.1. The third-order valence-corrected chi connectivity index (χ3v) is 7.14. The Morgan fingerprint density at radius 2 is 1.61 bits per heavy atom. The summed E-state index contributed by atoms with van der Waals surface area (Å²) < 4.78 is 1.91. The third-order valence-electron chi connectivity index (χ3n) is 7.14. The molecule has 2 heterocycles. The van der Waals surface area contributed by atoms with Crippen molar-refractivity contribution < 1.29 is 0 Å². The van der Waals surface area contributed by atoms with Crippen molar-refractivity contribution >= 4 is 10.9 Å². The van der Waals surface area contributed by atoms with Crippen LogP contribution in [0.4, 0.5) is 0 Å². The summed E-state index contributed by atoms with van der Waals surface area (Å²) in [6.45, 7) is 6.15. The van der Waals surface area contributed by atoms with Crippen LogP contribution in [0.3, 0.4) is 0 Å². The van der Waals surface area contributed by atoms with E-state index in [1.54, 1.807) is 0 Å². The van der Waals surface area contributed by atoms with E-state index < -0.39 is 0 Å². The topological polar surface area (TPSA) is 79.7 Å². The van der Waals surface area contributed by atoms with E-state index in [2.05, 4.69) is 87.8 Å². The molecule has 3 aromatic carbocycles. The molecular weight excluding hydrogens is 472 g/mol. The fraction of sp³-hybridized carbons (Fsp3) is 0.290. The number of aromatic amines is 1. The Morgan fingerprint density at radius 1 is 0.868 bits per heavy atom. The molecule has 0 amide bonds. The highest BCUT2D eigenvalue weighted by atomic mass is 16.1. The van der Waals surface area contributed by atoms with Gasteiger partial charge in [-0.1, -0.05) is 80.6 Å². The van der Waals surface area contributed by atoms with E-state index in [0.29, 0.717) is 19.6 Å². The molecule has 1 atom stereocenters. The molecule has 38 heavy (non-hydrogen) atoms. The summed E-state index contributed by atoms with van der Waals surface area (Å²) in [5, 5.41) is 13.9. The van der Waals surface area contributed by atoms with Crippen LogP contribution in [0.5, 0.6) is 0 Å². The number of tetrazole rings is 1. The van der Waals surface area contributed by atoms with Crippen molar-refractivity contribution in [1.29, 1.82) is 0 Å². The fourth-order valence-electron chi connectivity index (χ4n) is 5.04. The van der Waals surface area contributed by atoms with Crippen molar-refractivity contribution in [2.75, 3.05) is 0 Å². The van der Waals surface area contributed by atoms with Gasteiger partial charge in [0.25, 0.3) is 5.56 Å². The molecule has 0 aliphatic carbocycles. The lowest BCUT2D eigenvalue weighted by Crippen LogP contribution is -2.32. The number of aromatic nitrogens is 5. The predicted octanol–water partition coefficient (Wildman–Crippen LogP) is 5.47. The molecule has 7 nitrogen and oxygen atoms in total. The quantitative estimate of drug-likeness (QED) is 0.257. The molecule has 0 saturated carbocycles. The fourth-order valence-corrected chi connectivity index (χ4v) is 5.04. The maximum Gasteiger partial charge on any atom is 0.252 e. The van der Waals surface area contributed by atoms with E-state index in [4.69, 9.17) is 0 Å². The van der Waals surface area contributed by atoms with Gasteiger partial charge in [0, 0.05) is 30.7 Å². The Morgan fingerprint density at radius 3 is 2.32 bits per heavy atom. The number of benzene rings is 3. The summed E-state index contributed by atoms with van der Waals surface area (Å²) in [5.41, 5.74) is 5.22. The Balaban J connectivity index is 1.48. The van der Waals surface area contributed by atoms with Gasteiger partial charge in [-0.25, -0.2) is 4.68 Å². The first-order chi connectivity index (χ1) is 18.6. The van der Waals surface area contributed by atoms with Crippen LogP contribution in [0.2, 0.25) is 0 Å². The second kappa shape index (κ2) is 12.0. The zero-order chi connectivity index (χ0) is 26.3. The Hall–Kier alpha value is -4.10. The minimum Gasteiger partial charge on any atom is -0.322 e. The number of hydrogen-bond acceptors (Lipinski definition) is 5. The lowest BCUT2D eigenvalue weighted by molar-refractivity contribution is 0.160. The van der Waals surface area contributed by atoms with E-state index in [-0.39, 0.29) is 11.6 Å². The van der Waals surface area contributed by atoms with Crippen molar-refractivity contribution in [2.24, 2.45) is 0 Å². The van der Waals surface area contributed by atoms with Crippen LogP contribution in [-0.4, -0.2) is 30.1 Å². The molecule has 0 fully saturated rings. The highest BCUT2D eigenvalue weighted by molar-refractivity contribution is 5.79. The van der Waals surface area contributed by atoms with Crippen molar-refractivity contribution in [2.45, 2.75) is 58.8 Å². The minimum absolute atomic E-state index is 0.0571. The number of nitrogens with zero attached hydrogens (tertiary/aromatic N) is 5. The van der Waals surface area contributed by atoms with Gasteiger partial charge >= 0.3 is 0 Å². The predicted molar refractivity (Wildman–Crippen MR) is 151 cm³/mol. The molecule has 0 bridgehead atoms. The van der Waals surface area contributed by atoms with Gasteiger partial charge in [-0.3, -0.25) is 9.69 Å². The smallest absolute Gasteiger partial charge is 0.252 e. The van der Waals surface area contributed by atoms with Gasteiger partial charge in [0.15, 0.2) is 5.82 Å². The van der Waals surface area contributed by atoms with Gasteiger partial charge in [-0.15, -0.1) is 5.10 Å². The van der Waals surface area contributed by atoms with Crippen LogP contribution in [0.25, 0.3) is 10.9 Å². The van der Waals surface area contributed by atoms with Gasteiger partial charge in [-0.2, -0.15) is 0 Å². The number of nitrogens with one attached hydrogen (secondary N) is 1. The van der Waals surface area contributed by atoms with Crippen molar-refractivity contribution in [1.82, 2.24) is 30.1 Å². The highest BCUT2D eigenvalue weighted by Crippen LogP contribution is 2.27. The standard InChI is InChI=1S/C31H34N6O/c1-3-23-15-16-28-26(19-23)20-27(31(38)32-28)22-36(21-25-13-9-6-10-14-25)29(4-2)30-33-34-35-37(30)18-17-24-11-7-5-8-12-24/h5-16,19-20,29H,3-4,17-18,21-22H2,1-2H3,(H,32,38)/t29-/m0/s1. The zero-order valence-electron chi connectivity index (χ0n) is 22.0. The van der Waals surface area contributed by atoms with Crippen LogP contribution in [0, 0.1) is 0 Å². The van der Waals surface area contributed by atoms with Crippen LogP contribution in [0.15, 0.2) is 89.7 Å². The van der Waals surface area contributed by atoms with Gasteiger partial charge in [0.05, 0.1) is 6.04 Å². The zero-order valence-corrected chi connectivity index (χ0v) is 22.0.